The number of pyridine rings is 1. The first-order valence-electron chi connectivity index (χ1n) is 12.9. The number of Topliss-reactive ketones (excluding diaryl/α,β-unsaturated/α-hetero) is 1. The van der Waals surface area contributed by atoms with Gasteiger partial charge in [0.05, 0.1) is 13.0 Å². The molecular formula is C29H36FNO7. The summed E-state index contributed by atoms with van der Waals surface area (Å²) in [5.74, 6) is -1.99. The summed E-state index contributed by atoms with van der Waals surface area (Å²) in [5, 5.41) is 0. The number of methoxy groups -OCH3 is 1. The van der Waals surface area contributed by atoms with E-state index in [1.54, 1.807) is 13.0 Å². The number of carbonyl (C=O) groups is 3. The minimum atomic E-state index is -0.752. The number of ether oxygens (including phenoxy) is 4. The van der Waals surface area contributed by atoms with Gasteiger partial charge in [0.15, 0.2) is 23.0 Å². The minimum Gasteiger partial charge on any atom is -0.493 e. The third-order valence-corrected chi connectivity index (χ3v) is 7.02. The summed E-state index contributed by atoms with van der Waals surface area (Å²) >= 11 is 0. The fourth-order valence-corrected chi connectivity index (χ4v) is 5.15. The van der Waals surface area contributed by atoms with Crippen LogP contribution in [0.1, 0.15) is 80.4 Å². The van der Waals surface area contributed by atoms with Crippen LogP contribution in [0.4, 0.5) is 4.39 Å². The van der Waals surface area contributed by atoms with E-state index in [0.29, 0.717) is 5.92 Å². The lowest BCUT2D eigenvalue weighted by Crippen LogP contribution is -2.30. The summed E-state index contributed by atoms with van der Waals surface area (Å²) in [6.07, 6.45) is 5.05. The molecule has 1 aliphatic rings. The average Bonchev–Trinajstić information content (AvgIpc) is 3.39. The molecule has 2 aromatic rings. The van der Waals surface area contributed by atoms with E-state index in [0.717, 1.165) is 36.8 Å². The maximum absolute atomic E-state index is 13.8. The Kier molecular flexibility index (Phi) is 10.2. The van der Waals surface area contributed by atoms with E-state index in [-0.39, 0.29) is 35.3 Å². The zero-order valence-electron chi connectivity index (χ0n) is 22.6. The number of aryl methyl sites for hydroxylation is 1. The lowest BCUT2D eigenvalue weighted by molar-refractivity contribution is -0.154. The summed E-state index contributed by atoms with van der Waals surface area (Å²) in [6, 6.07) is 6.26. The molecule has 3 atom stereocenters. The Bertz CT molecular complexity index is 1150. The molecule has 1 fully saturated rings. The Morgan fingerprint density at radius 2 is 1.84 bits per heavy atom. The van der Waals surface area contributed by atoms with Crippen molar-refractivity contribution >= 4 is 17.7 Å². The number of benzene rings is 1. The zero-order chi connectivity index (χ0) is 27.8. The van der Waals surface area contributed by atoms with Crippen LogP contribution in [0.15, 0.2) is 30.5 Å². The maximum Gasteiger partial charge on any atom is 0.309 e. The predicted molar refractivity (Wildman–Crippen MR) is 138 cm³/mol. The Hall–Kier alpha value is -3.49. The molecule has 0 unspecified atom stereocenters. The van der Waals surface area contributed by atoms with Crippen molar-refractivity contribution in [2.75, 3.05) is 13.9 Å². The van der Waals surface area contributed by atoms with Crippen LogP contribution in [-0.4, -0.2) is 42.7 Å². The fraction of sp³-hybridized carbons (Fsp3) is 0.517. The van der Waals surface area contributed by atoms with Gasteiger partial charge in [-0.1, -0.05) is 25.8 Å². The molecule has 0 N–H and O–H groups in total. The van der Waals surface area contributed by atoms with Crippen LogP contribution in [0.3, 0.4) is 0 Å². The molecule has 1 saturated carbocycles. The molecule has 3 rings (SSSR count). The van der Waals surface area contributed by atoms with Gasteiger partial charge in [0.2, 0.25) is 6.79 Å². The Labute approximate surface area is 222 Å². The summed E-state index contributed by atoms with van der Waals surface area (Å²) < 4.78 is 35.2. The highest BCUT2D eigenvalue weighted by molar-refractivity contribution is 5.99. The third-order valence-electron chi connectivity index (χ3n) is 7.02. The highest BCUT2D eigenvalue weighted by Crippen LogP contribution is 2.41. The number of carbonyl (C=O) groups excluding carboxylic acids is 3. The number of aromatic nitrogens is 1. The van der Waals surface area contributed by atoms with Crippen LogP contribution in [0.25, 0.3) is 0 Å². The summed E-state index contributed by atoms with van der Waals surface area (Å²) in [5.41, 5.74) is 1.78. The summed E-state index contributed by atoms with van der Waals surface area (Å²) in [6.45, 7) is 6.18. The molecule has 0 spiro atoms. The van der Waals surface area contributed by atoms with Crippen molar-refractivity contribution in [3.63, 3.8) is 0 Å². The minimum absolute atomic E-state index is 0.0308. The van der Waals surface area contributed by atoms with E-state index in [1.165, 1.54) is 38.4 Å². The quantitative estimate of drug-likeness (QED) is 0.200. The molecule has 8 nitrogen and oxygen atoms in total. The van der Waals surface area contributed by atoms with E-state index in [9.17, 15) is 18.8 Å². The van der Waals surface area contributed by atoms with Gasteiger partial charge in [0.25, 0.3) is 0 Å². The van der Waals surface area contributed by atoms with E-state index >= 15 is 0 Å². The topological polar surface area (TPSA) is 101 Å². The molecule has 0 bridgehead atoms. The molecule has 0 aliphatic heterocycles. The highest BCUT2D eigenvalue weighted by Gasteiger charge is 2.35. The lowest BCUT2D eigenvalue weighted by Gasteiger charge is -2.31. The van der Waals surface area contributed by atoms with E-state index in [1.807, 2.05) is 13.8 Å². The molecule has 9 heteroatoms. The van der Waals surface area contributed by atoms with Crippen molar-refractivity contribution in [3.8, 4) is 11.5 Å². The van der Waals surface area contributed by atoms with E-state index < -0.39 is 36.5 Å². The summed E-state index contributed by atoms with van der Waals surface area (Å²) in [7, 11) is 1.41. The largest absolute Gasteiger partial charge is 0.493 e. The Morgan fingerprint density at radius 3 is 2.47 bits per heavy atom. The maximum atomic E-state index is 13.8. The van der Waals surface area contributed by atoms with Crippen LogP contribution in [-0.2, 0) is 19.1 Å². The van der Waals surface area contributed by atoms with Gasteiger partial charge in [-0.05, 0) is 55.9 Å². The normalized spacial score (nSPS) is 15.8. The van der Waals surface area contributed by atoms with Crippen molar-refractivity contribution in [1.82, 2.24) is 4.98 Å². The van der Waals surface area contributed by atoms with Crippen molar-refractivity contribution in [2.24, 2.45) is 11.8 Å². The molecule has 1 aromatic carbocycles. The third kappa shape index (κ3) is 7.30. The van der Waals surface area contributed by atoms with Gasteiger partial charge >= 0.3 is 11.9 Å². The second-order valence-electron chi connectivity index (χ2n) is 9.83. The van der Waals surface area contributed by atoms with Crippen LogP contribution >= 0.6 is 0 Å². The second-order valence-corrected chi connectivity index (χ2v) is 9.83. The first-order chi connectivity index (χ1) is 18.1. The monoisotopic (exact) mass is 529 g/mol. The average molecular weight is 530 g/mol. The standard InChI is InChI=1S/C29H36FNO7/c1-17-14-22(30)10-11-23(17)26(21-8-6-7-9-21)19(3)38-29(34)18(2)15-24(33)27-28(37-16-36-20(4)32)25(35-5)12-13-31-27/h10-14,18-19,21,26H,6-9,15-16H2,1-5H3/t18-,19+,26-/m1/s1. The highest BCUT2D eigenvalue weighted by atomic mass is 19.1. The zero-order valence-corrected chi connectivity index (χ0v) is 22.6. The van der Waals surface area contributed by atoms with Crippen molar-refractivity contribution in [3.05, 3.63) is 53.1 Å². The van der Waals surface area contributed by atoms with Gasteiger partial charge in [-0.2, -0.15) is 0 Å². The van der Waals surface area contributed by atoms with Crippen LogP contribution in [0.2, 0.25) is 0 Å². The molecule has 38 heavy (non-hydrogen) atoms. The molecule has 1 aromatic heterocycles. The number of hydrogen-bond donors (Lipinski definition) is 0. The predicted octanol–water partition coefficient (Wildman–Crippen LogP) is 5.55. The van der Waals surface area contributed by atoms with Crippen molar-refractivity contribution < 1.29 is 37.7 Å². The number of nitrogens with zero attached hydrogens (tertiary/aromatic N) is 1. The number of hydrogen-bond acceptors (Lipinski definition) is 8. The molecule has 206 valence electrons. The number of ketones is 1. The number of rotatable bonds is 12. The molecular weight excluding hydrogens is 493 g/mol. The van der Waals surface area contributed by atoms with Crippen LogP contribution in [0.5, 0.6) is 11.5 Å². The summed E-state index contributed by atoms with van der Waals surface area (Å²) in [4.78, 5) is 41.4. The number of esters is 2. The van der Waals surface area contributed by atoms with Crippen molar-refractivity contribution in [1.29, 1.82) is 0 Å². The lowest BCUT2D eigenvalue weighted by atomic mass is 9.79. The van der Waals surface area contributed by atoms with Crippen LogP contribution < -0.4 is 9.47 Å². The SMILES string of the molecule is COc1ccnc(C(=O)C[C@@H](C)C(=O)O[C@@H](C)[C@@H](c2ccc(F)cc2C)C2CCCC2)c1OCOC(C)=O. The molecule has 0 saturated heterocycles. The van der Waals surface area contributed by atoms with Gasteiger partial charge in [0.1, 0.15) is 11.9 Å². The van der Waals surface area contributed by atoms with Gasteiger partial charge in [-0.25, -0.2) is 9.37 Å². The first-order valence-corrected chi connectivity index (χ1v) is 12.9. The van der Waals surface area contributed by atoms with E-state index in [2.05, 4.69) is 4.98 Å². The Morgan fingerprint density at radius 1 is 1.13 bits per heavy atom. The van der Waals surface area contributed by atoms with Gasteiger partial charge < -0.3 is 18.9 Å². The van der Waals surface area contributed by atoms with E-state index in [4.69, 9.17) is 18.9 Å². The van der Waals surface area contributed by atoms with Crippen LogP contribution in [0, 0.1) is 24.6 Å². The molecule has 1 heterocycles. The van der Waals surface area contributed by atoms with Crippen molar-refractivity contribution in [2.45, 2.75) is 71.8 Å². The fourth-order valence-electron chi connectivity index (χ4n) is 5.15. The first kappa shape index (κ1) is 29.1. The van der Waals surface area contributed by atoms with Gasteiger partial charge in [-0.3, -0.25) is 14.4 Å². The second kappa shape index (κ2) is 13.3. The van der Waals surface area contributed by atoms with Gasteiger partial charge in [0, 0.05) is 31.5 Å². The number of halogens is 1. The smallest absolute Gasteiger partial charge is 0.309 e. The molecule has 1 aliphatic carbocycles. The molecule has 0 radical (unpaired) electrons. The Balaban J connectivity index is 1.72. The molecule has 0 amide bonds. The van der Waals surface area contributed by atoms with Gasteiger partial charge in [-0.15, -0.1) is 0 Å².